The first-order chi connectivity index (χ1) is 14.1. The summed E-state index contributed by atoms with van der Waals surface area (Å²) in [5, 5.41) is 4.25. The highest BCUT2D eigenvalue weighted by atomic mass is 32.1. The third kappa shape index (κ3) is 4.30. The van der Waals surface area contributed by atoms with E-state index in [-0.39, 0.29) is 12.1 Å². The number of carbonyl (C=O) groups is 1. The number of fused-ring (bicyclic) bond motifs is 1. The normalized spacial score (nSPS) is 10.8. The number of aromatic nitrogens is 4. The molecule has 0 spiro atoms. The minimum atomic E-state index is -0.548. The van der Waals surface area contributed by atoms with Gasteiger partial charge in [0.2, 0.25) is 0 Å². The molecule has 0 aliphatic heterocycles. The molecule has 29 heavy (non-hydrogen) atoms. The number of benzene rings is 1. The Morgan fingerprint density at radius 2 is 2.07 bits per heavy atom. The first kappa shape index (κ1) is 18.8. The Morgan fingerprint density at radius 1 is 1.21 bits per heavy atom. The molecule has 0 saturated heterocycles. The molecular weight excluding hydrogens is 390 g/mol. The van der Waals surface area contributed by atoms with Crippen molar-refractivity contribution in [1.82, 2.24) is 24.8 Å². The zero-order chi connectivity index (χ0) is 20.2. The quantitative estimate of drug-likeness (QED) is 0.546. The van der Waals surface area contributed by atoms with Crippen LogP contribution in [0.3, 0.4) is 0 Å². The summed E-state index contributed by atoms with van der Waals surface area (Å²) in [5.41, 5.74) is 0.839. The van der Waals surface area contributed by atoms with Crippen LogP contribution in [-0.4, -0.2) is 32.2 Å². The third-order valence-electron chi connectivity index (χ3n) is 4.29. The van der Waals surface area contributed by atoms with E-state index in [1.807, 2.05) is 30.3 Å². The van der Waals surface area contributed by atoms with E-state index in [1.54, 1.807) is 19.3 Å². The van der Waals surface area contributed by atoms with Gasteiger partial charge in [-0.15, -0.1) is 0 Å². The molecule has 1 N–H and O–H groups in total. The molecule has 9 heteroatoms. The van der Waals surface area contributed by atoms with Crippen molar-refractivity contribution < 1.29 is 9.53 Å². The fourth-order valence-electron chi connectivity index (χ4n) is 2.80. The Bertz CT molecular complexity index is 1190. The molecule has 1 amide bonds. The highest BCUT2D eigenvalue weighted by Crippen LogP contribution is 2.31. The van der Waals surface area contributed by atoms with Gasteiger partial charge < -0.3 is 10.1 Å². The van der Waals surface area contributed by atoms with Gasteiger partial charge in [0.15, 0.2) is 5.06 Å². The zero-order valence-corrected chi connectivity index (χ0v) is 16.3. The number of rotatable bonds is 5. The van der Waals surface area contributed by atoms with Crippen molar-refractivity contribution in [2.75, 3.05) is 6.54 Å². The summed E-state index contributed by atoms with van der Waals surface area (Å²) in [7, 11) is 1.64. The predicted octanol–water partition coefficient (Wildman–Crippen LogP) is 2.78. The van der Waals surface area contributed by atoms with Gasteiger partial charge >= 0.3 is 6.09 Å². The fourth-order valence-corrected chi connectivity index (χ4v) is 3.71. The van der Waals surface area contributed by atoms with Gasteiger partial charge in [-0.2, -0.15) is 0 Å². The second-order valence-corrected chi connectivity index (χ2v) is 7.27. The van der Waals surface area contributed by atoms with Crippen molar-refractivity contribution in [3.63, 3.8) is 0 Å². The molecule has 0 unspecified atom stereocenters. The standard InChI is InChI=1S/C20H17N5O3S/c1-25-17(24-15(11-18(25)26)14-6-8-21-12-23-14)7-9-22-20(27)28-19-10-13-4-2-3-5-16(13)29-19/h2-6,8,10-12H,7,9H2,1H3,(H,22,27). The molecule has 0 atom stereocenters. The molecule has 0 radical (unpaired) electrons. The number of hydrogen-bond acceptors (Lipinski definition) is 7. The summed E-state index contributed by atoms with van der Waals surface area (Å²) in [6.45, 7) is 0.275. The molecule has 146 valence electrons. The van der Waals surface area contributed by atoms with Crippen LogP contribution < -0.4 is 15.6 Å². The van der Waals surface area contributed by atoms with Crippen LogP contribution in [-0.2, 0) is 13.5 Å². The van der Waals surface area contributed by atoms with E-state index < -0.39 is 6.09 Å². The van der Waals surface area contributed by atoms with Gasteiger partial charge in [0, 0.05) is 43.0 Å². The summed E-state index contributed by atoms with van der Waals surface area (Å²) >= 11 is 1.41. The first-order valence-corrected chi connectivity index (χ1v) is 9.69. The maximum absolute atomic E-state index is 12.2. The molecule has 8 nitrogen and oxygen atoms in total. The molecule has 3 aromatic heterocycles. The molecule has 0 aliphatic rings. The van der Waals surface area contributed by atoms with E-state index in [4.69, 9.17) is 4.74 Å². The maximum Gasteiger partial charge on any atom is 0.413 e. The molecule has 0 bridgehead atoms. The lowest BCUT2D eigenvalue weighted by Crippen LogP contribution is -2.30. The largest absolute Gasteiger partial charge is 0.413 e. The van der Waals surface area contributed by atoms with Crippen LogP contribution in [0.2, 0.25) is 0 Å². The average molecular weight is 407 g/mol. The number of nitrogens with one attached hydrogen (secondary N) is 1. The van der Waals surface area contributed by atoms with Gasteiger partial charge in [0.05, 0.1) is 11.4 Å². The SMILES string of the molecule is Cn1c(CCNC(=O)Oc2cc3ccccc3s2)nc(-c2ccncn2)cc1=O. The number of amides is 1. The van der Waals surface area contributed by atoms with E-state index in [0.717, 1.165) is 10.1 Å². The van der Waals surface area contributed by atoms with Crippen LogP contribution in [0.4, 0.5) is 4.79 Å². The van der Waals surface area contributed by atoms with Crippen LogP contribution in [0.15, 0.2) is 59.8 Å². The molecule has 4 rings (SSSR count). The van der Waals surface area contributed by atoms with E-state index in [1.165, 1.54) is 28.3 Å². The molecule has 3 heterocycles. The Morgan fingerprint density at radius 3 is 2.86 bits per heavy atom. The van der Waals surface area contributed by atoms with Gasteiger partial charge in [-0.05, 0) is 17.5 Å². The number of hydrogen-bond donors (Lipinski definition) is 1. The molecule has 0 aliphatic carbocycles. The minimum absolute atomic E-state index is 0.198. The number of ether oxygens (including phenoxy) is 1. The van der Waals surface area contributed by atoms with Crippen molar-refractivity contribution in [3.8, 4) is 16.5 Å². The lowest BCUT2D eigenvalue weighted by molar-refractivity contribution is 0.202. The Hall–Kier alpha value is -3.59. The molecule has 0 fully saturated rings. The van der Waals surface area contributed by atoms with E-state index in [0.29, 0.717) is 28.7 Å². The van der Waals surface area contributed by atoms with Crippen LogP contribution in [0, 0.1) is 0 Å². The molecule has 0 saturated carbocycles. The Labute approximate surface area is 169 Å². The van der Waals surface area contributed by atoms with Gasteiger partial charge in [-0.3, -0.25) is 9.36 Å². The van der Waals surface area contributed by atoms with Crippen molar-refractivity contribution in [2.24, 2.45) is 7.05 Å². The monoisotopic (exact) mass is 407 g/mol. The van der Waals surface area contributed by atoms with E-state index in [2.05, 4.69) is 20.3 Å². The van der Waals surface area contributed by atoms with Crippen LogP contribution >= 0.6 is 11.3 Å². The summed E-state index contributed by atoms with van der Waals surface area (Å²) in [6, 6.07) is 12.8. The van der Waals surface area contributed by atoms with Gasteiger partial charge in [-0.25, -0.2) is 19.7 Å². The third-order valence-corrected chi connectivity index (χ3v) is 5.28. The van der Waals surface area contributed by atoms with Crippen molar-refractivity contribution in [3.05, 3.63) is 71.2 Å². The van der Waals surface area contributed by atoms with Crippen LogP contribution in [0.1, 0.15) is 5.82 Å². The maximum atomic E-state index is 12.2. The summed E-state index contributed by atoms with van der Waals surface area (Å²) in [6.07, 6.45) is 2.81. The van der Waals surface area contributed by atoms with Gasteiger partial charge in [0.1, 0.15) is 12.2 Å². The second kappa shape index (κ2) is 8.19. The highest BCUT2D eigenvalue weighted by Gasteiger charge is 2.11. The molecular formula is C20H17N5O3S. The second-order valence-electron chi connectivity index (χ2n) is 6.22. The van der Waals surface area contributed by atoms with E-state index in [9.17, 15) is 9.59 Å². The first-order valence-electron chi connectivity index (χ1n) is 8.88. The number of nitrogens with zero attached hydrogens (tertiary/aromatic N) is 4. The topological polar surface area (TPSA) is 99.0 Å². The lowest BCUT2D eigenvalue weighted by Gasteiger charge is -2.10. The molecule has 1 aromatic carbocycles. The fraction of sp³-hybridized carbons (Fsp3) is 0.150. The lowest BCUT2D eigenvalue weighted by atomic mass is 10.2. The molecule has 4 aromatic rings. The smallest absolute Gasteiger partial charge is 0.399 e. The minimum Gasteiger partial charge on any atom is -0.399 e. The van der Waals surface area contributed by atoms with Gasteiger partial charge in [0.25, 0.3) is 5.56 Å². The van der Waals surface area contributed by atoms with E-state index >= 15 is 0 Å². The highest BCUT2D eigenvalue weighted by molar-refractivity contribution is 7.20. The zero-order valence-electron chi connectivity index (χ0n) is 15.5. The van der Waals surface area contributed by atoms with Gasteiger partial charge in [-0.1, -0.05) is 29.5 Å². The van der Waals surface area contributed by atoms with Crippen molar-refractivity contribution >= 4 is 27.5 Å². The van der Waals surface area contributed by atoms with Crippen LogP contribution in [0.5, 0.6) is 5.06 Å². The van der Waals surface area contributed by atoms with Crippen molar-refractivity contribution in [1.29, 1.82) is 0 Å². The Kier molecular flexibility index (Phi) is 5.30. The van der Waals surface area contributed by atoms with Crippen molar-refractivity contribution in [2.45, 2.75) is 6.42 Å². The predicted molar refractivity (Wildman–Crippen MR) is 110 cm³/mol. The Balaban J connectivity index is 1.40. The average Bonchev–Trinajstić information content (AvgIpc) is 3.13. The number of thiophene rings is 1. The summed E-state index contributed by atoms with van der Waals surface area (Å²) < 4.78 is 7.85. The summed E-state index contributed by atoms with van der Waals surface area (Å²) in [5.74, 6) is 0.535. The number of carbonyl (C=O) groups excluding carboxylic acids is 1. The van der Waals surface area contributed by atoms with Crippen LogP contribution in [0.25, 0.3) is 21.5 Å². The summed E-state index contributed by atoms with van der Waals surface area (Å²) in [4.78, 5) is 36.8.